The number of benzene rings is 2. The third-order valence-corrected chi connectivity index (χ3v) is 5.76. The van der Waals surface area contributed by atoms with E-state index in [1.807, 2.05) is 55.6 Å². The van der Waals surface area contributed by atoms with Gasteiger partial charge < -0.3 is 15.0 Å². The number of nitrogens with one attached hydrogen (secondary N) is 1. The van der Waals surface area contributed by atoms with Crippen molar-refractivity contribution in [2.75, 3.05) is 36.5 Å². The molecule has 3 heterocycles. The van der Waals surface area contributed by atoms with Crippen molar-refractivity contribution in [3.05, 3.63) is 58.7 Å². The van der Waals surface area contributed by atoms with Crippen molar-refractivity contribution in [1.82, 2.24) is 19.7 Å². The number of anilines is 3. The number of hydrogen-bond acceptors (Lipinski definition) is 6. The van der Waals surface area contributed by atoms with Gasteiger partial charge in [0, 0.05) is 47.9 Å². The molecule has 1 saturated heterocycles. The molecule has 0 bridgehead atoms. The van der Waals surface area contributed by atoms with Crippen molar-refractivity contribution in [2.24, 2.45) is 7.05 Å². The van der Waals surface area contributed by atoms with Crippen LogP contribution in [0.1, 0.15) is 0 Å². The molecule has 7 nitrogen and oxygen atoms in total. The lowest BCUT2D eigenvalue weighted by molar-refractivity contribution is 0.122. The third kappa shape index (κ3) is 4.17. The Hall–Kier alpha value is -2.87. The van der Waals surface area contributed by atoms with Crippen molar-refractivity contribution in [3.63, 3.8) is 0 Å². The number of nitrogens with zero attached hydrogens (tertiary/aromatic N) is 5. The fourth-order valence-corrected chi connectivity index (χ4v) is 4.00. The lowest BCUT2D eigenvalue weighted by Gasteiger charge is -2.27. The van der Waals surface area contributed by atoms with Crippen molar-refractivity contribution in [3.8, 4) is 11.3 Å². The molecule has 31 heavy (non-hydrogen) atoms. The summed E-state index contributed by atoms with van der Waals surface area (Å²) in [6.45, 7) is 2.82. The highest BCUT2D eigenvalue weighted by Crippen LogP contribution is 2.30. The van der Waals surface area contributed by atoms with Gasteiger partial charge in [-0.1, -0.05) is 29.3 Å². The number of ether oxygens (including phenoxy) is 1. The standard InChI is InChI=1S/C22H20Cl2N6O/c1-29-19-12-14(2-7-17(19)21(24)28-29)18-13-20(25-16-5-3-15(23)4-6-16)27-22(26-18)30-8-10-31-11-9-30/h2-7,12-13H,8-11H2,1H3,(H,25,26,27). The van der Waals surface area contributed by atoms with Crippen molar-refractivity contribution in [1.29, 1.82) is 0 Å². The second-order valence-corrected chi connectivity index (χ2v) is 8.11. The molecule has 5 rings (SSSR count). The Labute approximate surface area is 189 Å². The van der Waals surface area contributed by atoms with E-state index >= 15 is 0 Å². The Bertz CT molecular complexity index is 1230. The van der Waals surface area contributed by atoms with E-state index in [1.54, 1.807) is 4.68 Å². The Morgan fingerprint density at radius 2 is 1.74 bits per heavy atom. The van der Waals surface area contributed by atoms with Crippen molar-refractivity contribution >= 4 is 51.6 Å². The molecule has 0 unspecified atom stereocenters. The minimum absolute atomic E-state index is 0.492. The van der Waals surface area contributed by atoms with E-state index in [2.05, 4.69) is 15.3 Å². The Kier molecular flexibility index (Phi) is 5.40. The summed E-state index contributed by atoms with van der Waals surface area (Å²) in [5, 5.41) is 9.76. The zero-order valence-corrected chi connectivity index (χ0v) is 18.4. The summed E-state index contributed by atoms with van der Waals surface area (Å²) in [7, 11) is 1.88. The summed E-state index contributed by atoms with van der Waals surface area (Å²) in [6, 6.07) is 15.5. The van der Waals surface area contributed by atoms with E-state index in [0.717, 1.165) is 40.9 Å². The first-order chi connectivity index (χ1) is 15.1. The van der Waals surface area contributed by atoms with Gasteiger partial charge in [-0.3, -0.25) is 4.68 Å². The van der Waals surface area contributed by atoms with Crippen LogP contribution in [0, 0.1) is 0 Å². The second kappa shape index (κ2) is 8.34. The van der Waals surface area contributed by atoms with Crippen LogP contribution in [0.3, 0.4) is 0 Å². The number of morpholine rings is 1. The molecular formula is C22H20Cl2N6O. The minimum atomic E-state index is 0.492. The SMILES string of the molecule is Cn1nc(Cl)c2ccc(-c3cc(Nc4ccc(Cl)cc4)nc(N4CCOCC4)n3)cc21. The Morgan fingerprint density at radius 3 is 2.52 bits per heavy atom. The Balaban J connectivity index is 1.58. The van der Waals surface area contributed by atoms with Gasteiger partial charge in [-0.2, -0.15) is 10.1 Å². The van der Waals surface area contributed by atoms with Gasteiger partial charge in [0.05, 0.1) is 24.4 Å². The van der Waals surface area contributed by atoms with Crippen LogP contribution in [0.25, 0.3) is 22.2 Å². The smallest absolute Gasteiger partial charge is 0.228 e. The summed E-state index contributed by atoms with van der Waals surface area (Å²) in [4.78, 5) is 11.8. The lowest BCUT2D eigenvalue weighted by atomic mass is 10.1. The predicted molar refractivity (Wildman–Crippen MR) is 125 cm³/mol. The minimum Gasteiger partial charge on any atom is -0.378 e. The first-order valence-corrected chi connectivity index (χ1v) is 10.7. The fourth-order valence-electron chi connectivity index (χ4n) is 3.60. The number of hydrogen-bond donors (Lipinski definition) is 1. The van der Waals surface area contributed by atoms with Crippen LogP contribution in [-0.2, 0) is 11.8 Å². The molecule has 0 atom stereocenters. The maximum Gasteiger partial charge on any atom is 0.228 e. The monoisotopic (exact) mass is 454 g/mol. The third-order valence-electron chi connectivity index (χ3n) is 5.23. The molecule has 0 spiro atoms. The van der Waals surface area contributed by atoms with Gasteiger partial charge in [0.25, 0.3) is 0 Å². The molecule has 4 aromatic rings. The van der Waals surface area contributed by atoms with Gasteiger partial charge >= 0.3 is 0 Å². The average Bonchev–Trinajstić information content (AvgIpc) is 3.08. The zero-order valence-electron chi connectivity index (χ0n) is 16.8. The maximum atomic E-state index is 6.23. The van der Waals surface area contributed by atoms with Crippen molar-refractivity contribution < 1.29 is 4.74 Å². The van der Waals surface area contributed by atoms with E-state index in [9.17, 15) is 0 Å². The molecule has 0 amide bonds. The van der Waals surface area contributed by atoms with Crippen LogP contribution in [0.15, 0.2) is 48.5 Å². The second-order valence-electron chi connectivity index (χ2n) is 7.32. The molecule has 0 saturated carbocycles. The number of aromatic nitrogens is 4. The molecule has 1 fully saturated rings. The lowest BCUT2D eigenvalue weighted by Crippen LogP contribution is -2.37. The summed E-state index contributed by atoms with van der Waals surface area (Å²) in [5.74, 6) is 1.37. The summed E-state index contributed by atoms with van der Waals surface area (Å²) in [6.07, 6.45) is 0. The molecule has 0 radical (unpaired) electrons. The van der Waals surface area contributed by atoms with Crippen LogP contribution in [0.2, 0.25) is 10.2 Å². The number of rotatable bonds is 4. The molecule has 1 aliphatic heterocycles. The summed E-state index contributed by atoms with van der Waals surface area (Å²) >= 11 is 12.3. The van der Waals surface area contributed by atoms with E-state index in [1.165, 1.54) is 0 Å². The highest BCUT2D eigenvalue weighted by Gasteiger charge is 2.17. The Morgan fingerprint density at radius 1 is 0.968 bits per heavy atom. The van der Waals surface area contributed by atoms with E-state index in [-0.39, 0.29) is 0 Å². The molecular weight excluding hydrogens is 435 g/mol. The average molecular weight is 455 g/mol. The van der Waals surface area contributed by atoms with Crippen molar-refractivity contribution in [2.45, 2.75) is 0 Å². The fraction of sp³-hybridized carbons (Fsp3) is 0.227. The molecule has 158 valence electrons. The maximum absolute atomic E-state index is 6.23. The van der Waals surface area contributed by atoms with Crippen LogP contribution >= 0.6 is 23.2 Å². The largest absolute Gasteiger partial charge is 0.378 e. The van der Waals surface area contributed by atoms with Gasteiger partial charge in [-0.25, -0.2) is 4.98 Å². The predicted octanol–water partition coefficient (Wildman–Crippen LogP) is 4.92. The first-order valence-electron chi connectivity index (χ1n) is 9.94. The van der Waals surface area contributed by atoms with Gasteiger partial charge in [-0.15, -0.1) is 0 Å². The van der Waals surface area contributed by atoms with Crippen LogP contribution in [-0.4, -0.2) is 46.1 Å². The first kappa shape index (κ1) is 20.1. The van der Waals surface area contributed by atoms with Gasteiger partial charge in [0.15, 0.2) is 5.15 Å². The summed E-state index contributed by atoms with van der Waals surface area (Å²) < 4.78 is 7.27. The summed E-state index contributed by atoms with van der Waals surface area (Å²) in [5.41, 5.74) is 3.62. The van der Waals surface area contributed by atoms with Crippen LogP contribution < -0.4 is 10.2 Å². The van der Waals surface area contributed by atoms with E-state index in [0.29, 0.717) is 35.2 Å². The molecule has 1 aliphatic rings. The van der Waals surface area contributed by atoms with E-state index in [4.69, 9.17) is 37.9 Å². The van der Waals surface area contributed by atoms with Gasteiger partial charge in [0.2, 0.25) is 5.95 Å². The number of aryl methyl sites for hydroxylation is 1. The molecule has 9 heteroatoms. The highest BCUT2D eigenvalue weighted by molar-refractivity contribution is 6.34. The van der Waals surface area contributed by atoms with Crippen LogP contribution in [0.5, 0.6) is 0 Å². The zero-order chi connectivity index (χ0) is 21.4. The van der Waals surface area contributed by atoms with Gasteiger partial charge in [0.1, 0.15) is 5.82 Å². The molecule has 2 aromatic carbocycles. The number of halogens is 2. The quantitative estimate of drug-likeness (QED) is 0.471. The molecule has 0 aliphatic carbocycles. The topological polar surface area (TPSA) is 68.1 Å². The highest BCUT2D eigenvalue weighted by atomic mass is 35.5. The molecule has 2 aromatic heterocycles. The normalized spacial score (nSPS) is 14.2. The van der Waals surface area contributed by atoms with Gasteiger partial charge in [-0.05, 0) is 36.4 Å². The van der Waals surface area contributed by atoms with Crippen LogP contribution in [0.4, 0.5) is 17.5 Å². The molecule has 1 N–H and O–H groups in total. The number of fused-ring (bicyclic) bond motifs is 1. The van der Waals surface area contributed by atoms with E-state index < -0.39 is 0 Å².